The van der Waals surface area contributed by atoms with Crippen molar-refractivity contribution in [1.82, 2.24) is 4.98 Å². The molecule has 0 unspecified atom stereocenters. The first-order chi connectivity index (χ1) is 7.13. The van der Waals surface area contributed by atoms with Gasteiger partial charge in [0.2, 0.25) is 0 Å². The molecular weight excluding hydrogens is 210 g/mol. The average Bonchev–Trinajstić information content (AvgIpc) is 2.61. The Kier molecular flexibility index (Phi) is 2.52. The Bertz CT molecular complexity index is 536. The van der Waals surface area contributed by atoms with Crippen molar-refractivity contribution in [3.63, 3.8) is 0 Å². The fourth-order valence-corrected chi connectivity index (χ4v) is 2.92. The van der Waals surface area contributed by atoms with Gasteiger partial charge >= 0.3 is 0 Å². The highest BCUT2D eigenvalue weighted by atomic mass is 32.2. The Morgan fingerprint density at radius 1 is 1.27 bits per heavy atom. The van der Waals surface area contributed by atoms with Crippen LogP contribution in [0.5, 0.6) is 0 Å². The number of hydrogen-bond donors (Lipinski definition) is 1. The van der Waals surface area contributed by atoms with Crippen LogP contribution in [0.15, 0.2) is 35.4 Å². The molecule has 1 aromatic carbocycles. The SMILES string of the molecule is CCCS(=O)(=O)c1cc2ccccc2[nH]1. The third-order valence-corrected chi connectivity index (χ3v) is 4.15. The summed E-state index contributed by atoms with van der Waals surface area (Å²) in [7, 11) is -3.13. The van der Waals surface area contributed by atoms with Crippen LogP contribution in [0.2, 0.25) is 0 Å². The number of aromatic nitrogens is 1. The second kappa shape index (κ2) is 3.70. The summed E-state index contributed by atoms with van der Waals surface area (Å²) in [6.07, 6.45) is 0.637. The van der Waals surface area contributed by atoms with Crippen LogP contribution in [-0.2, 0) is 9.84 Å². The van der Waals surface area contributed by atoms with E-state index in [1.807, 2.05) is 31.2 Å². The topological polar surface area (TPSA) is 49.9 Å². The lowest BCUT2D eigenvalue weighted by atomic mass is 10.3. The molecule has 2 rings (SSSR count). The van der Waals surface area contributed by atoms with Gasteiger partial charge in [-0.1, -0.05) is 25.1 Å². The molecule has 0 amide bonds. The lowest BCUT2D eigenvalue weighted by Crippen LogP contribution is -2.05. The maximum Gasteiger partial charge on any atom is 0.193 e. The molecule has 0 radical (unpaired) electrons. The van der Waals surface area contributed by atoms with Gasteiger partial charge in [0.05, 0.1) is 5.75 Å². The van der Waals surface area contributed by atoms with E-state index in [9.17, 15) is 8.42 Å². The van der Waals surface area contributed by atoms with Gasteiger partial charge in [0.25, 0.3) is 0 Å². The second-order valence-corrected chi connectivity index (χ2v) is 5.62. The molecule has 0 saturated heterocycles. The molecule has 2 aromatic rings. The highest BCUT2D eigenvalue weighted by Crippen LogP contribution is 2.19. The molecule has 15 heavy (non-hydrogen) atoms. The number of hydrogen-bond acceptors (Lipinski definition) is 2. The summed E-state index contributed by atoms with van der Waals surface area (Å²) in [6, 6.07) is 9.25. The standard InChI is InChI=1S/C11H13NO2S/c1-2-7-15(13,14)11-8-9-5-3-4-6-10(9)12-11/h3-6,8,12H,2,7H2,1H3. The van der Waals surface area contributed by atoms with E-state index in [1.54, 1.807) is 6.07 Å². The molecule has 0 spiro atoms. The van der Waals surface area contributed by atoms with Crippen molar-refractivity contribution in [1.29, 1.82) is 0 Å². The van der Waals surface area contributed by atoms with Crippen molar-refractivity contribution in [2.75, 3.05) is 5.75 Å². The van der Waals surface area contributed by atoms with Crippen LogP contribution in [0.25, 0.3) is 10.9 Å². The Labute approximate surface area is 89.0 Å². The largest absolute Gasteiger partial charge is 0.346 e. The number of benzene rings is 1. The molecule has 3 nitrogen and oxygen atoms in total. The molecule has 1 heterocycles. The minimum absolute atomic E-state index is 0.194. The molecule has 0 fully saturated rings. The fourth-order valence-electron chi connectivity index (χ4n) is 1.59. The van der Waals surface area contributed by atoms with Crippen LogP contribution >= 0.6 is 0 Å². The predicted molar refractivity (Wildman–Crippen MR) is 60.6 cm³/mol. The maximum atomic E-state index is 11.8. The summed E-state index contributed by atoms with van der Waals surface area (Å²) in [4.78, 5) is 2.93. The molecule has 0 saturated carbocycles. The van der Waals surface area contributed by atoms with Gasteiger partial charge in [-0.05, 0) is 18.6 Å². The fraction of sp³-hybridized carbons (Fsp3) is 0.273. The van der Waals surface area contributed by atoms with Crippen molar-refractivity contribution in [3.8, 4) is 0 Å². The highest BCUT2D eigenvalue weighted by Gasteiger charge is 2.15. The number of rotatable bonds is 3. The van der Waals surface area contributed by atoms with Gasteiger partial charge in [0.1, 0.15) is 5.03 Å². The summed E-state index contributed by atoms with van der Waals surface area (Å²) in [5, 5.41) is 1.26. The number of para-hydroxylation sites is 1. The molecule has 1 N–H and O–H groups in total. The highest BCUT2D eigenvalue weighted by molar-refractivity contribution is 7.91. The number of aromatic amines is 1. The van der Waals surface area contributed by atoms with Gasteiger partial charge < -0.3 is 4.98 Å². The lowest BCUT2D eigenvalue weighted by molar-refractivity contribution is 0.592. The Morgan fingerprint density at radius 2 is 2.00 bits per heavy atom. The van der Waals surface area contributed by atoms with E-state index in [0.29, 0.717) is 11.4 Å². The zero-order chi connectivity index (χ0) is 10.9. The Morgan fingerprint density at radius 3 is 2.67 bits per heavy atom. The Balaban J connectivity index is 2.54. The quantitative estimate of drug-likeness (QED) is 0.868. The molecule has 80 valence electrons. The Hall–Kier alpha value is -1.29. The smallest absolute Gasteiger partial charge is 0.193 e. The zero-order valence-electron chi connectivity index (χ0n) is 8.53. The van der Waals surface area contributed by atoms with Crippen molar-refractivity contribution >= 4 is 20.7 Å². The molecule has 0 aliphatic rings. The van der Waals surface area contributed by atoms with Crippen LogP contribution in [0.1, 0.15) is 13.3 Å². The second-order valence-electron chi connectivity index (χ2n) is 3.54. The summed E-state index contributed by atoms with van der Waals surface area (Å²) in [5.41, 5.74) is 0.868. The minimum atomic E-state index is -3.13. The van der Waals surface area contributed by atoms with Crippen LogP contribution in [0, 0.1) is 0 Å². The number of H-pyrrole nitrogens is 1. The molecule has 0 atom stereocenters. The molecule has 4 heteroatoms. The van der Waals surface area contributed by atoms with Crippen LogP contribution in [0.4, 0.5) is 0 Å². The third kappa shape index (κ3) is 1.90. The normalized spacial score (nSPS) is 12.1. The first kappa shape index (κ1) is 10.2. The number of sulfone groups is 1. The van der Waals surface area contributed by atoms with E-state index in [-0.39, 0.29) is 5.75 Å². The van der Waals surface area contributed by atoms with Crippen molar-refractivity contribution in [2.45, 2.75) is 18.4 Å². The van der Waals surface area contributed by atoms with Crippen molar-refractivity contribution < 1.29 is 8.42 Å². The summed E-state index contributed by atoms with van der Waals surface area (Å²) >= 11 is 0. The molecule has 1 aromatic heterocycles. The number of fused-ring (bicyclic) bond motifs is 1. The van der Waals surface area contributed by atoms with Crippen LogP contribution in [0.3, 0.4) is 0 Å². The van der Waals surface area contributed by atoms with Gasteiger partial charge in [-0.2, -0.15) is 0 Å². The molecule has 0 aliphatic heterocycles. The van der Waals surface area contributed by atoms with E-state index >= 15 is 0 Å². The maximum absolute atomic E-state index is 11.8. The summed E-state index contributed by atoms with van der Waals surface area (Å²) in [6.45, 7) is 1.86. The number of nitrogens with one attached hydrogen (secondary N) is 1. The van der Waals surface area contributed by atoms with Gasteiger partial charge in [-0.3, -0.25) is 0 Å². The van der Waals surface area contributed by atoms with Crippen molar-refractivity contribution in [3.05, 3.63) is 30.3 Å². The summed E-state index contributed by atoms with van der Waals surface area (Å²) < 4.78 is 23.5. The van der Waals surface area contributed by atoms with Crippen LogP contribution in [-0.4, -0.2) is 19.2 Å². The first-order valence-electron chi connectivity index (χ1n) is 4.94. The first-order valence-corrected chi connectivity index (χ1v) is 6.59. The lowest BCUT2D eigenvalue weighted by Gasteiger charge is -1.97. The van der Waals surface area contributed by atoms with Gasteiger partial charge in [-0.25, -0.2) is 8.42 Å². The van der Waals surface area contributed by atoms with Crippen LogP contribution < -0.4 is 0 Å². The van der Waals surface area contributed by atoms with E-state index in [2.05, 4.69) is 4.98 Å². The van der Waals surface area contributed by atoms with Crippen molar-refractivity contribution in [2.24, 2.45) is 0 Å². The van der Waals surface area contributed by atoms with Gasteiger partial charge in [-0.15, -0.1) is 0 Å². The van der Waals surface area contributed by atoms with E-state index in [1.165, 1.54) is 0 Å². The third-order valence-electron chi connectivity index (χ3n) is 2.31. The van der Waals surface area contributed by atoms with Gasteiger partial charge in [0, 0.05) is 10.9 Å². The summed E-state index contributed by atoms with van der Waals surface area (Å²) in [5.74, 6) is 0.194. The average molecular weight is 223 g/mol. The predicted octanol–water partition coefficient (Wildman–Crippen LogP) is 2.35. The minimum Gasteiger partial charge on any atom is -0.346 e. The van der Waals surface area contributed by atoms with E-state index in [0.717, 1.165) is 10.9 Å². The molecule has 0 aliphatic carbocycles. The molecule has 0 bridgehead atoms. The van der Waals surface area contributed by atoms with E-state index in [4.69, 9.17) is 0 Å². The zero-order valence-corrected chi connectivity index (χ0v) is 9.34. The van der Waals surface area contributed by atoms with Gasteiger partial charge in [0.15, 0.2) is 9.84 Å². The molecular formula is C11H13NO2S. The van der Waals surface area contributed by atoms with E-state index < -0.39 is 9.84 Å². The monoisotopic (exact) mass is 223 g/mol.